The van der Waals surface area contributed by atoms with Gasteiger partial charge in [0.2, 0.25) is 0 Å². The lowest BCUT2D eigenvalue weighted by molar-refractivity contribution is 0.0222. The van der Waals surface area contributed by atoms with Crippen LogP contribution >= 0.6 is 0 Å². The summed E-state index contributed by atoms with van der Waals surface area (Å²) >= 11 is 0. The van der Waals surface area contributed by atoms with Gasteiger partial charge >= 0.3 is 11.7 Å². The SMILES string of the molecule is Cc1c(N2CCN(C)C(C)(C)C2)ccc2c3c(c(=O)oc12)CN(C(=O)OC(C)(C)C)CC3. The second-order valence-corrected chi connectivity index (χ2v) is 10.7. The highest BCUT2D eigenvalue weighted by molar-refractivity contribution is 5.89. The molecule has 2 aliphatic rings. The third kappa shape index (κ3) is 4.10. The molecular weight excluding hydrogens is 406 g/mol. The van der Waals surface area contributed by atoms with Crippen molar-refractivity contribution in [1.29, 1.82) is 0 Å². The summed E-state index contributed by atoms with van der Waals surface area (Å²) < 4.78 is 11.3. The Morgan fingerprint density at radius 1 is 1.12 bits per heavy atom. The molecule has 0 radical (unpaired) electrons. The fourth-order valence-electron chi connectivity index (χ4n) is 4.72. The zero-order valence-corrected chi connectivity index (χ0v) is 20.4. The molecule has 0 aliphatic carbocycles. The van der Waals surface area contributed by atoms with E-state index in [1.807, 2.05) is 27.7 Å². The molecular formula is C25H35N3O4. The Bertz CT molecular complexity index is 1110. The fraction of sp³-hybridized carbons (Fsp3) is 0.600. The van der Waals surface area contributed by atoms with E-state index in [1.54, 1.807) is 4.90 Å². The zero-order chi connectivity index (χ0) is 23.4. The fourth-order valence-corrected chi connectivity index (χ4v) is 4.72. The predicted molar refractivity (Wildman–Crippen MR) is 126 cm³/mol. The minimum absolute atomic E-state index is 0.0709. The number of fused-ring (bicyclic) bond motifs is 3. The number of hydrogen-bond donors (Lipinski definition) is 0. The molecule has 0 N–H and O–H groups in total. The van der Waals surface area contributed by atoms with E-state index < -0.39 is 11.7 Å². The van der Waals surface area contributed by atoms with Crippen LogP contribution in [0.2, 0.25) is 0 Å². The molecule has 0 saturated carbocycles. The molecule has 3 heterocycles. The van der Waals surface area contributed by atoms with E-state index in [9.17, 15) is 9.59 Å². The Balaban J connectivity index is 1.68. The van der Waals surface area contributed by atoms with Gasteiger partial charge < -0.3 is 19.0 Å². The van der Waals surface area contributed by atoms with E-state index in [1.165, 1.54) is 0 Å². The number of likely N-dealkylation sites (N-methyl/N-ethyl adjacent to an activating group) is 1. The van der Waals surface area contributed by atoms with Crippen LogP contribution in [-0.2, 0) is 17.7 Å². The van der Waals surface area contributed by atoms with Crippen molar-refractivity contribution in [2.24, 2.45) is 0 Å². The van der Waals surface area contributed by atoms with Crippen molar-refractivity contribution in [2.45, 2.75) is 65.6 Å². The number of carbonyl (C=O) groups is 1. The Morgan fingerprint density at radius 2 is 1.84 bits per heavy atom. The number of nitrogens with zero attached hydrogens (tertiary/aromatic N) is 3. The van der Waals surface area contributed by atoms with Gasteiger partial charge in [-0.3, -0.25) is 4.90 Å². The molecule has 0 unspecified atom stereocenters. The summed E-state index contributed by atoms with van der Waals surface area (Å²) in [6.45, 7) is 15.6. The van der Waals surface area contributed by atoms with Gasteiger partial charge in [-0.2, -0.15) is 0 Å². The molecule has 32 heavy (non-hydrogen) atoms. The summed E-state index contributed by atoms with van der Waals surface area (Å²) in [6, 6.07) is 4.23. The van der Waals surface area contributed by atoms with Crippen molar-refractivity contribution in [3.8, 4) is 0 Å². The maximum Gasteiger partial charge on any atom is 0.410 e. The first kappa shape index (κ1) is 22.6. The van der Waals surface area contributed by atoms with Crippen molar-refractivity contribution in [2.75, 3.05) is 38.1 Å². The van der Waals surface area contributed by atoms with Gasteiger partial charge in [0.05, 0.1) is 12.1 Å². The smallest absolute Gasteiger partial charge is 0.410 e. The summed E-state index contributed by atoms with van der Waals surface area (Å²) in [5, 5.41) is 0.970. The standard InChI is InChI=1S/C25H35N3O4/c1-16-20(28-13-12-26(7)25(5,6)15-28)9-8-18-17-10-11-27(23(30)32-24(2,3)4)14-19(17)22(29)31-21(16)18/h8-9H,10-15H2,1-7H3. The molecule has 1 fully saturated rings. The number of benzene rings is 1. The van der Waals surface area contributed by atoms with Crippen LogP contribution in [0.3, 0.4) is 0 Å². The highest BCUT2D eigenvalue weighted by Gasteiger charge is 2.33. The van der Waals surface area contributed by atoms with Gasteiger partial charge in [0.25, 0.3) is 0 Å². The Kier molecular flexibility index (Phi) is 5.52. The maximum absolute atomic E-state index is 13.0. The van der Waals surface area contributed by atoms with E-state index in [2.05, 4.69) is 42.8 Å². The highest BCUT2D eigenvalue weighted by Crippen LogP contribution is 2.34. The predicted octanol–water partition coefficient (Wildman–Crippen LogP) is 3.93. The Labute approximate surface area is 189 Å². The van der Waals surface area contributed by atoms with Crippen molar-refractivity contribution >= 4 is 22.7 Å². The second kappa shape index (κ2) is 7.80. The van der Waals surface area contributed by atoms with Gasteiger partial charge in [-0.25, -0.2) is 9.59 Å². The lowest BCUT2D eigenvalue weighted by atomic mass is 9.94. The highest BCUT2D eigenvalue weighted by atomic mass is 16.6. The lowest BCUT2D eigenvalue weighted by Crippen LogP contribution is -2.57. The number of rotatable bonds is 1. The van der Waals surface area contributed by atoms with Crippen LogP contribution < -0.4 is 10.5 Å². The van der Waals surface area contributed by atoms with E-state index in [0.717, 1.165) is 41.8 Å². The van der Waals surface area contributed by atoms with Crippen LogP contribution in [0.5, 0.6) is 0 Å². The van der Waals surface area contributed by atoms with Crippen molar-refractivity contribution < 1.29 is 13.9 Å². The maximum atomic E-state index is 13.0. The Hall–Kier alpha value is -2.54. The number of piperazine rings is 1. The quantitative estimate of drug-likeness (QED) is 0.625. The molecule has 2 aromatic rings. The molecule has 0 bridgehead atoms. The number of ether oxygens (including phenoxy) is 1. The van der Waals surface area contributed by atoms with Gasteiger partial charge in [0.15, 0.2) is 0 Å². The van der Waals surface area contributed by atoms with Gasteiger partial charge in [0, 0.05) is 48.4 Å². The van der Waals surface area contributed by atoms with Crippen LogP contribution in [0.4, 0.5) is 10.5 Å². The molecule has 1 saturated heterocycles. The normalized spacial score (nSPS) is 19.2. The van der Waals surface area contributed by atoms with Crippen molar-refractivity contribution in [3.63, 3.8) is 0 Å². The second-order valence-electron chi connectivity index (χ2n) is 10.7. The van der Waals surface area contributed by atoms with Crippen LogP contribution in [-0.4, -0.2) is 60.3 Å². The van der Waals surface area contributed by atoms with E-state index in [-0.39, 0.29) is 17.7 Å². The average molecular weight is 442 g/mol. The van der Waals surface area contributed by atoms with E-state index in [4.69, 9.17) is 9.15 Å². The summed E-state index contributed by atoms with van der Waals surface area (Å²) in [5.74, 6) is 0. The van der Waals surface area contributed by atoms with E-state index >= 15 is 0 Å². The molecule has 1 aromatic heterocycles. The largest absolute Gasteiger partial charge is 0.444 e. The van der Waals surface area contributed by atoms with Crippen molar-refractivity contribution in [1.82, 2.24) is 9.80 Å². The third-order valence-corrected chi connectivity index (χ3v) is 6.80. The van der Waals surface area contributed by atoms with E-state index in [0.29, 0.717) is 24.1 Å². The van der Waals surface area contributed by atoms with Gasteiger partial charge in [-0.1, -0.05) is 0 Å². The number of carbonyl (C=O) groups excluding carboxylic acids is 1. The van der Waals surface area contributed by atoms with Crippen molar-refractivity contribution in [3.05, 3.63) is 39.2 Å². The number of aryl methyl sites for hydroxylation is 1. The number of anilines is 1. The number of amides is 1. The topological polar surface area (TPSA) is 66.2 Å². The Morgan fingerprint density at radius 3 is 2.50 bits per heavy atom. The molecule has 174 valence electrons. The van der Waals surface area contributed by atoms with Crippen LogP contribution in [0.15, 0.2) is 21.3 Å². The summed E-state index contributed by atoms with van der Waals surface area (Å²) in [4.78, 5) is 31.8. The summed E-state index contributed by atoms with van der Waals surface area (Å²) in [5.41, 5.74) is 3.46. The van der Waals surface area contributed by atoms with Crippen LogP contribution in [0.25, 0.3) is 11.0 Å². The van der Waals surface area contributed by atoms with Crippen LogP contribution in [0, 0.1) is 6.92 Å². The minimum atomic E-state index is -0.573. The zero-order valence-electron chi connectivity index (χ0n) is 20.4. The molecule has 0 spiro atoms. The third-order valence-electron chi connectivity index (χ3n) is 6.80. The molecule has 1 aromatic carbocycles. The monoisotopic (exact) mass is 441 g/mol. The molecule has 7 nitrogen and oxygen atoms in total. The summed E-state index contributed by atoms with van der Waals surface area (Å²) in [7, 11) is 2.16. The summed E-state index contributed by atoms with van der Waals surface area (Å²) in [6.07, 6.45) is 0.212. The molecule has 2 aliphatic heterocycles. The molecule has 0 atom stereocenters. The van der Waals surface area contributed by atoms with Gasteiger partial charge in [-0.15, -0.1) is 0 Å². The first-order chi connectivity index (χ1) is 14.9. The van der Waals surface area contributed by atoms with Gasteiger partial charge in [0.1, 0.15) is 11.2 Å². The molecule has 1 amide bonds. The van der Waals surface area contributed by atoms with Crippen LogP contribution in [0.1, 0.15) is 51.3 Å². The first-order valence-corrected chi connectivity index (χ1v) is 11.4. The molecule has 4 rings (SSSR count). The average Bonchev–Trinajstić information content (AvgIpc) is 2.69. The van der Waals surface area contributed by atoms with Gasteiger partial charge in [-0.05, 0) is 72.7 Å². The first-order valence-electron chi connectivity index (χ1n) is 11.4. The lowest BCUT2D eigenvalue weighted by Gasteiger charge is -2.46. The number of hydrogen-bond acceptors (Lipinski definition) is 6. The minimum Gasteiger partial charge on any atom is -0.444 e. The molecule has 7 heteroatoms.